The van der Waals surface area contributed by atoms with Crippen molar-refractivity contribution in [3.63, 3.8) is 0 Å². The molecule has 0 N–H and O–H groups in total. The molecule has 28 heavy (non-hydrogen) atoms. The summed E-state index contributed by atoms with van der Waals surface area (Å²) in [4.78, 5) is 0. The van der Waals surface area contributed by atoms with Gasteiger partial charge in [0.15, 0.2) is 0 Å². The number of benzene rings is 3. The highest BCUT2D eigenvalue weighted by molar-refractivity contribution is 6.08. The molecule has 0 aliphatic heterocycles. The van der Waals surface area contributed by atoms with Crippen molar-refractivity contribution in [2.45, 2.75) is 13.3 Å². The fourth-order valence-electron chi connectivity index (χ4n) is 4.21. The summed E-state index contributed by atoms with van der Waals surface area (Å²) >= 11 is 0. The molecule has 1 aromatic heterocycles. The average Bonchev–Trinajstić information content (AvgIpc) is 3.12. The molecule has 5 rings (SSSR count). The molecule has 0 radical (unpaired) electrons. The first-order chi connectivity index (χ1) is 13.7. The van der Waals surface area contributed by atoms with E-state index >= 15 is 0 Å². The second-order valence-electron chi connectivity index (χ2n) is 7.39. The van der Waals surface area contributed by atoms with E-state index in [1.807, 2.05) is 30.3 Å². The van der Waals surface area contributed by atoms with Crippen LogP contribution in [0.4, 0.5) is 0 Å². The number of nitriles is 1. The zero-order valence-corrected chi connectivity index (χ0v) is 15.6. The Hall–Kier alpha value is -3.57. The van der Waals surface area contributed by atoms with Crippen LogP contribution in [0.2, 0.25) is 0 Å². The van der Waals surface area contributed by atoms with Crippen molar-refractivity contribution in [1.29, 1.82) is 5.26 Å². The molecule has 1 aliphatic carbocycles. The third-order valence-electron chi connectivity index (χ3n) is 5.60. The Morgan fingerprint density at radius 1 is 0.929 bits per heavy atom. The van der Waals surface area contributed by atoms with Crippen molar-refractivity contribution >= 4 is 33.1 Å². The normalized spacial score (nSPS) is 16.6. The van der Waals surface area contributed by atoms with Gasteiger partial charge in [-0.05, 0) is 47.2 Å². The number of nitrogens with zero attached hydrogens (tertiary/aromatic N) is 1. The van der Waals surface area contributed by atoms with E-state index in [1.165, 1.54) is 16.7 Å². The van der Waals surface area contributed by atoms with Gasteiger partial charge >= 0.3 is 0 Å². The summed E-state index contributed by atoms with van der Waals surface area (Å²) in [6.45, 7) is 2.25. The molecule has 1 aliphatic rings. The maximum Gasteiger partial charge on any atom is 0.142 e. The van der Waals surface area contributed by atoms with Gasteiger partial charge in [-0.3, -0.25) is 0 Å². The number of rotatable bonds is 2. The van der Waals surface area contributed by atoms with Crippen LogP contribution in [-0.2, 0) is 0 Å². The van der Waals surface area contributed by atoms with Crippen LogP contribution >= 0.6 is 0 Å². The molecule has 0 bridgehead atoms. The van der Waals surface area contributed by atoms with Crippen LogP contribution in [0.5, 0.6) is 0 Å². The molecule has 0 fully saturated rings. The van der Waals surface area contributed by atoms with Gasteiger partial charge in [0.05, 0.1) is 11.6 Å². The first-order valence-electron chi connectivity index (χ1n) is 9.56. The van der Waals surface area contributed by atoms with Crippen molar-refractivity contribution in [2.75, 3.05) is 0 Å². The number of allylic oxidation sites excluding steroid dienone is 4. The third-order valence-corrected chi connectivity index (χ3v) is 5.60. The minimum absolute atomic E-state index is 0.369. The predicted molar refractivity (Wildman–Crippen MR) is 115 cm³/mol. The largest absolute Gasteiger partial charge is 0.455 e. The van der Waals surface area contributed by atoms with E-state index in [9.17, 15) is 5.26 Å². The first-order valence-corrected chi connectivity index (χ1v) is 9.56. The number of fused-ring (bicyclic) bond motifs is 3. The van der Waals surface area contributed by atoms with E-state index in [2.05, 4.69) is 61.5 Å². The number of hydrogen-bond acceptors (Lipinski definition) is 2. The molecule has 0 saturated carbocycles. The molecule has 0 saturated heterocycles. The Bertz CT molecular complexity index is 1310. The first kappa shape index (κ1) is 16.6. The fourth-order valence-corrected chi connectivity index (χ4v) is 4.21. The molecule has 3 aromatic carbocycles. The number of furan rings is 1. The van der Waals surface area contributed by atoms with Gasteiger partial charge in [0.25, 0.3) is 0 Å². The predicted octanol–water partition coefficient (Wildman–Crippen LogP) is 6.96. The van der Waals surface area contributed by atoms with Gasteiger partial charge in [-0.2, -0.15) is 5.26 Å². The van der Waals surface area contributed by atoms with Crippen LogP contribution in [0.1, 0.15) is 30.0 Å². The highest BCUT2D eigenvalue weighted by Gasteiger charge is 2.20. The van der Waals surface area contributed by atoms with Gasteiger partial charge in [0, 0.05) is 16.3 Å². The maximum absolute atomic E-state index is 9.19. The molecule has 4 aromatic rings. The topological polar surface area (TPSA) is 36.9 Å². The van der Waals surface area contributed by atoms with E-state index in [0.29, 0.717) is 11.5 Å². The van der Waals surface area contributed by atoms with Crippen LogP contribution in [-0.4, -0.2) is 0 Å². The molecule has 1 unspecified atom stereocenters. The second kappa shape index (κ2) is 6.55. The lowest BCUT2D eigenvalue weighted by Gasteiger charge is -2.22. The SMILES string of the molecule is CC1CC(c2cccc3c2oc2ccccc23)=CC=C1c1cccc(C#N)c1. The van der Waals surface area contributed by atoms with Crippen molar-refractivity contribution in [3.05, 3.63) is 95.6 Å². The summed E-state index contributed by atoms with van der Waals surface area (Å²) in [5.41, 5.74) is 7.46. The summed E-state index contributed by atoms with van der Waals surface area (Å²) in [7, 11) is 0. The minimum atomic E-state index is 0.369. The van der Waals surface area contributed by atoms with Crippen molar-refractivity contribution in [1.82, 2.24) is 0 Å². The standard InChI is InChI=1S/C26H19NO/c1-17-14-20(12-13-21(17)19-7-4-6-18(15-19)16-27)22-9-5-10-24-23-8-2-3-11-25(23)28-26(22)24/h2-13,15,17H,14H2,1H3. The van der Waals surface area contributed by atoms with Gasteiger partial charge in [0.2, 0.25) is 0 Å². The Morgan fingerprint density at radius 3 is 2.61 bits per heavy atom. The highest BCUT2D eigenvalue weighted by Crippen LogP contribution is 2.40. The van der Waals surface area contributed by atoms with Gasteiger partial charge in [-0.25, -0.2) is 0 Å². The van der Waals surface area contributed by atoms with Crippen LogP contribution in [0.3, 0.4) is 0 Å². The third kappa shape index (κ3) is 2.64. The summed E-state index contributed by atoms with van der Waals surface area (Å²) in [5.74, 6) is 0.369. The van der Waals surface area contributed by atoms with Gasteiger partial charge in [-0.15, -0.1) is 0 Å². The molecular formula is C26H19NO. The Labute approximate surface area is 164 Å². The molecule has 1 atom stereocenters. The molecule has 2 heteroatoms. The second-order valence-corrected chi connectivity index (χ2v) is 7.39. The van der Waals surface area contributed by atoms with Gasteiger partial charge in [-0.1, -0.05) is 67.6 Å². The molecule has 0 amide bonds. The quantitative estimate of drug-likeness (QED) is 0.387. The van der Waals surface area contributed by atoms with Gasteiger partial charge < -0.3 is 4.42 Å². The van der Waals surface area contributed by atoms with E-state index in [-0.39, 0.29) is 0 Å². The lowest BCUT2D eigenvalue weighted by atomic mass is 9.82. The molecule has 1 heterocycles. The zero-order chi connectivity index (χ0) is 19.1. The van der Waals surface area contributed by atoms with Crippen molar-refractivity contribution in [2.24, 2.45) is 5.92 Å². The van der Waals surface area contributed by atoms with E-state index in [0.717, 1.165) is 33.9 Å². The smallest absolute Gasteiger partial charge is 0.142 e. The molecule has 134 valence electrons. The summed E-state index contributed by atoms with van der Waals surface area (Å²) in [6, 6.07) is 24.7. The van der Waals surface area contributed by atoms with Gasteiger partial charge in [0.1, 0.15) is 11.2 Å². The maximum atomic E-state index is 9.19. The number of para-hydroxylation sites is 2. The summed E-state index contributed by atoms with van der Waals surface area (Å²) in [5, 5.41) is 11.5. The summed E-state index contributed by atoms with van der Waals surface area (Å²) in [6.07, 6.45) is 5.34. The highest BCUT2D eigenvalue weighted by atomic mass is 16.3. The van der Waals surface area contributed by atoms with Crippen molar-refractivity contribution < 1.29 is 4.42 Å². The monoisotopic (exact) mass is 361 g/mol. The number of hydrogen-bond donors (Lipinski definition) is 0. The van der Waals surface area contributed by atoms with Crippen LogP contribution < -0.4 is 0 Å². The van der Waals surface area contributed by atoms with Crippen LogP contribution in [0, 0.1) is 17.2 Å². The minimum Gasteiger partial charge on any atom is -0.455 e. The van der Waals surface area contributed by atoms with Crippen molar-refractivity contribution in [3.8, 4) is 6.07 Å². The Kier molecular flexibility index (Phi) is 3.88. The Morgan fingerprint density at radius 2 is 1.75 bits per heavy atom. The summed E-state index contributed by atoms with van der Waals surface area (Å²) < 4.78 is 6.22. The van der Waals surface area contributed by atoms with Crippen LogP contribution in [0.25, 0.3) is 33.1 Å². The van der Waals surface area contributed by atoms with E-state index < -0.39 is 0 Å². The van der Waals surface area contributed by atoms with Crippen LogP contribution in [0.15, 0.2) is 83.3 Å². The lowest BCUT2D eigenvalue weighted by Crippen LogP contribution is -2.05. The van der Waals surface area contributed by atoms with E-state index in [1.54, 1.807) is 0 Å². The molecule has 0 spiro atoms. The zero-order valence-electron chi connectivity index (χ0n) is 15.6. The molecular weight excluding hydrogens is 342 g/mol. The fraction of sp³-hybridized carbons (Fsp3) is 0.115. The molecule has 2 nitrogen and oxygen atoms in total. The average molecular weight is 361 g/mol. The van der Waals surface area contributed by atoms with E-state index in [4.69, 9.17) is 4.42 Å². The lowest BCUT2D eigenvalue weighted by molar-refractivity contribution is 0.666. The Balaban J connectivity index is 1.62.